The van der Waals surface area contributed by atoms with Crippen molar-refractivity contribution in [1.82, 2.24) is 20.1 Å². The number of amides is 1. The van der Waals surface area contributed by atoms with Crippen LogP contribution in [0.5, 0.6) is 0 Å². The van der Waals surface area contributed by atoms with Crippen molar-refractivity contribution in [2.24, 2.45) is 7.05 Å². The SMILES string of the molecule is CC(NC(=O)c1csc(-c2cnn(C)c2)n1)c1ccc(F)cc1F. The predicted molar refractivity (Wildman–Crippen MR) is 86.6 cm³/mol. The van der Waals surface area contributed by atoms with Gasteiger partial charge in [0, 0.05) is 35.8 Å². The van der Waals surface area contributed by atoms with E-state index in [2.05, 4.69) is 15.4 Å². The highest BCUT2D eigenvalue weighted by Gasteiger charge is 2.18. The average Bonchev–Trinajstić information content (AvgIpc) is 3.15. The highest BCUT2D eigenvalue weighted by molar-refractivity contribution is 7.13. The Balaban J connectivity index is 1.74. The number of hydrogen-bond donors (Lipinski definition) is 1. The summed E-state index contributed by atoms with van der Waals surface area (Å²) in [5.41, 5.74) is 1.28. The van der Waals surface area contributed by atoms with Gasteiger partial charge in [0.15, 0.2) is 0 Å². The molecular weight excluding hydrogens is 334 g/mol. The van der Waals surface area contributed by atoms with Crippen LogP contribution in [0.15, 0.2) is 36.0 Å². The van der Waals surface area contributed by atoms with Gasteiger partial charge in [-0.05, 0) is 13.0 Å². The molecule has 3 aromatic rings. The van der Waals surface area contributed by atoms with Crippen molar-refractivity contribution in [3.63, 3.8) is 0 Å². The summed E-state index contributed by atoms with van der Waals surface area (Å²) in [5, 5.41) is 9.03. The molecule has 124 valence electrons. The number of nitrogens with zero attached hydrogens (tertiary/aromatic N) is 3. The minimum absolute atomic E-state index is 0.215. The first-order valence-corrected chi connectivity index (χ1v) is 8.02. The standard InChI is InChI=1S/C16H14F2N4OS/c1-9(12-4-3-11(17)5-13(12)18)20-15(23)14-8-24-16(21-14)10-6-19-22(2)7-10/h3-9H,1-2H3,(H,20,23). The lowest BCUT2D eigenvalue weighted by atomic mass is 10.1. The Morgan fingerprint density at radius 2 is 2.17 bits per heavy atom. The third kappa shape index (κ3) is 3.33. The van der Waals surface area contributed by atoms with Crippen molar-refractivity contribution in [3.05, 3.63) is 58.9 Å². The molecule has 0 radical (unpaired) electrons. The van der Waals surface area contributed by atoms with E-state index in [1.165, 1.54) is 17.4 Å². The summed E-state index contributed by atoms with van der Waals surface area (Å²) >= 11 is 1.32. The zero-order chi connectivity index (χ0) is 17.3. The molecule has 1 amide bonds. The van der Waals surface area contributed by atoms with Crippen LogP contribution in [0.3, 0.4) is 0 Å². The summed E-state index contributed by atoms with van der Waals surface area (Å²) in [7, 11) is 1.80. The Morgan fingerprint density at radius 1 is 1.38 bits per heavy atom. The van der Waals surface area contributed by atoms with Crippen LogP contribution in [0.1, 0.15) is 29.0 Å². The van der Waals surface area contributed by atoms with E-state index in [0.717, 1.165) is 17.7 Å². The lowest BCUT2D eigenvalue weighted by Crippen LogP contribution is -2.27. The molecule has 1 aromatic carbocycles. The van der Waals surface area contributed by atoms with Gasteiger partial charge in [-0.2, -0.15) is 5.10 Å². The number of nitrogens with one attached hydrogen (secondary N) is 1. The monoisotopic (exact) mass is 348 g/mol. The molecule has 1 unspecified atom stereocenters. The maximum absolute atomic E-state index is 13.8. The van der Waals surface area contributed by atoms with E-state index in [9.17, 15) is 13.6 Å². The molecular formula is C16H14F2N4OS. The number of rotatable bonds is 4. The lowest BCUT2D eigenvalue weighted by molar-refractivity contribution is 0.0935. The quantitative estimate of drug-likeness (QED) is 0.787. The van der Waals surface area contributed by atoms with Crippen molar-refractivity contribution in [2.45, 2.75) is 13.0 Å². The fraction of sp³-hybridized carbons (Fsp3) is 0.188. The molecule has 3 rings (SSSR count). The molecule has 2 aromatic heterocycles. The van der Waals surface area contributed by atoms with Gasteiger partial charge in [0.2, 0.25) is 0 Å². The molecule has 0 saturated carbocycles. The number of carbonyl (C=O) groups is 1. The minimum Gasteiger partial charge on any atom is -0.344 e. The molecule has 1 N–H and O–H groups in total. The van der Waals surface area contributed by atoms with Crippen LogP contribution in [0, 0.1) is 11.6 Å². The van der Waals surface area contributed by atoms with Crippen molar-refractivity contribution < 1.29 is 13.6 Å². The molecule has 0 saturated heterocycles. The highest BCUT2D eigenvalue weighted by atomic mass is 32.1. The number of aryl methyl sites for hydroxylation is 1. The van der Waals surface area contributed by atoms with Crippen LogP contribution in [0.4, 0.5) is 8.78 Å². The number of aromatic nitrogens is 3. The summed E-state index contributed by atoms with van der Waals surface area (Å²) in [6, 6.07) is 2.66. The number of benzene rings is 1. The van der Waals surface area contributed by atoms with Gasteiger partial charge >= 0.3 is 0 Å². The molecule has 5 nitrogen and oxygen atoms in total. The summed E-state index contributed by atoms with van der Waals surface area (Å²) in [4.78, 5) is 16.5. The van der Waals surface area contributed by atoms with E-state index in [0.29, 0.717) is 5.01 Å². The Labute approximate surface area is 141 Å². The third-order valence-electron chi connectivity index (χ3n) is 3.47. The van der Waals surface area contributed by atoms with E-state index in [-0.39, 0.29) is 11.3 Å². The van der Waals surface area contributed by atoms with Crippen LogP contribution in [-0.4, -0.2) is 20.7 Å². The number of halogens is 2. The second-order valence-corrected chi connectivity index (χ2v) is 6.16. The van der Waals surface area contributed by atoms with Gasteiger partial charge in [-0.25, -0.2) is 13.8 Å². The second kappa shape index (κ2) is 6.48. The molecule has 0 spiro atoms. The maximum Gasteiger partial charge on any atom is 0.271 e. The predicted octanol–water partition coefficient (Wildman–Crippen LogP) is 3.31. The summed E-state index contributed by atoms with van der Waals surface area (Å²) in [6.45, 7) is 1.63. The Bertz CT molecular complexity index is 890. The van der Waals surface area contributed by atoms with E-state index in [4.69, 9.17) is 0 Å². The molecule has 0 aliphatic carbocycles. The Morgan fingerprint density at radius 3 is 2.83 bits per heavy atom. The molecule has 8 heteroatoms. The maximum atomic E-state index is 13.8. The van der Waals surface area contributed by atoms with Crippen LogP contribution in [-0.2, 0) is 7.05 Å². The third-order valence-corrected chi connectivity index (χ3v) is 4.36. The van der Waals surface area contributed by atoms with Crippen LogP contribution in [0.2, 0.25) is 0 Å². The molecule has 2 heterocycles. The van der Waals surface area contributed by atoms with E-state index >= 15 is 0 Å². The van der Waals surface area contributed by atoms with Crippen LogP contribution in [0.25, 0.3) is 10.6 Å². The van der Waals surface area contributed by atoms with Crippen LogP contribution < -0.4 is 5.32 Å². The molecule has 24 heavy (non-hydrogen) atoms. The molecule has 0 bridgehead atoms. The molecule has 0 aliphatic heterocycles. The minimum atomic E-state index is -0.697. The van der Waals surface area contributed by atoms with Gasteiger partial charge in [-0.1, -0.05) is 6.07 Å². The molecule has 0 fully saturated rings. The van der Waals surface area contributed by atoms with Crippen LogP contribution >= 0.6 is 11.3 Å². The van der Waals surface area contributed by atoms with Gasteiger partial charge in [0.1, 0.15) is 22.3 Å². The normalized spacial score (nSPS) is 12.2. The number of carbonyl (C=O) groups excluding carboxylic acids is 1. The van der Waals surface area contributed by atoms with Crippen molar-refractivity contribution in [3.8, 4) is 10.6 Å². The molecule has 0 aliphatic rings. The van der Waals surface area contributed by atoms with Gasteiger partial charge in [0.05, 0.1) is 12.2 Å². The Hall–Kier alpha value is -2.61. The second-order valence-electron chi connectivity index (χ2n) is 5.30. The van der Waals surface area contributed by atoms with E-state index in [1.807, 2.05) is 0 Å². The smallest absolute Gasteiger partial charge is 0.271 e. The van der Waals surface area contributed by atoms with Crippen molar-refractivity contribution in [2.75, 3.05) is 0 Å². The fourth-order valence-corrected chi connectivity index (χ4v) is 3.02. The summed E-state index contributed by atoms with van der Waals surface area (Å²) < 4.78 is 28.4. The van der Waals surface area contributed by atoms with Gasteiger partial charge in [0.25, 0.3) is 5.91 Å². The largest absolute Gasteiger partial charge is 0.344 e. The summed E-state index contributed by atoms with van der Waals surface area (Å²) in [6.07, 6.45) is 3.47. The van der Waals surface area contributed by atoms with E-state index in [1.54, 1.807) is 36.4 Å². The fourth-order valence-electron chi connectivity index (χ4n) is 2.24. The van der Waals surface area contributed by atoms with Gasteiger partial charge < -0.3 is 5.32 Å². The van der Waals surface area contributed by atoms with Crippen molar-refractivity contribution >= 4 is 17.2 Å². The molecule has 1 atom stereocenters. The Kier molecular flexibility index (Phi) is 4.39. The average molecular weight is 348 g/mol. The van der Waals surface area contributed by atoms with Crippen molar-refractivity contribution in [1.29, 1.82) is 0 Å². The highest BCUT2D eigenvalue weighted by Crippen LogP contribution is 2.24. The first kappa shape index (κ1) is 16.3. The number of thiazole rings is 1. The van der Waals surface area contributed by atoms with E-state index < -0.39 is 23.6 Å². The zero-order valence-electron chi connectivity index (χ0n) is 13.0. The topological polar surface area (TPSA) is 59.8 Å². The summed E-state index contributed by atoms with van der Waals surface area (Å²) in [5.74, 6) is -1.77. The van der Waals surface area contributed by atoms with Gasteiger partial charge in [-0.3, -0.25) is 9.48 Å². The van der Waals surface area contributed by atoms with Gasteiger partial charge in [-0.15, -0.1) is 11.3 Å². The first-order valence-electron chi connectivity index (χ1n) is 7.14. The first-order chi connectivity index (χ1) is 11.4. The number of hydrogen-bond acceptors (Lipinski definition) is 4. The zero-order valence-corrected chi connectivity index (χ0v) is 13.8. The lowest BCUT2D eigenvalue weighted by Gasteiger charge is -2.14.